The molecule has 0 aliphatic rings. The lowest BCUT2D eigenvalue weighted by atomic mass is 10.1. The molecule has 1 N–H and O–H groups in total. The van der Waals surface area contributed by atoms with Crippen LogP contribution in [0.1, 0.15) is 18.5 Å². The van der Waals surface area contributed by atoms with Crippen molar-refractivity contribution in [3.63, 3.8) is 0 Å². The molecule has 0 bridgehead atoms. The first-order valence-corrected chi connectivity index (χ1v) is 4.64. The molecule has 0 radical (unpaired) electrons. The number of hydrogen-bond donors (Lipinski definition) is 1. The summed E-state index contributed by atoms with van der Waals surface area (Å²) in [6.45, 7) is 1.90. The van der Waals surface area contributed by atoms with Gasteiger partial charge in [0.15, 0.2) is 11.5 Å². The Morgan fingerprint density at radius 3 is 2.47 bits per heavy atom. The van der Waals surface area contributed by atoms with Crippen LogP contribution in [0, 0.1) is 0 Å². The molecule has 82 valence electrons. The van der Waals surface area contributed by atoms with E-state index in [1.165, 1.54) is 0 Å². The van der Waals surface area contributed by atoms with Crippen LogP contribution >= 0.6 is 0 Å². The molecule has 15 heavy (non-hydrogen) atoms. The molecule has 1 amide bonds. The van der Waals surface area contributed by atoms with Gasteiger partial charge in [-0.1, -0.05) is 6.07 Å². The fraction of sp³-hybridized carbons (Fsp3) is 0.364. The third-order valence-electron chi connectivity index (χ3n) is 2.23. The van der Waals surface area contributed by atoms with E-state index in [1.807, 2.05) is 25.1 Å². The monoisotopic (exact) mass is 209 g/mol. The van der Waals surface area contributed by atoms with Gasteiger partial charge in [0.2, 0.25) is 6.41 Å². The topological polar surface area (TPSA) is 47.6 Å². The molecule has 0 aliphatic heterocycles. The standard InChI is InChI=1S/C11H15NO3/c1-8(12-7-13)9-4-5-10(14-2)11(6-9)15-3/h4-8H,1-3H3,(H,12,13)/t8-/m0/s1. The summed E-state index contributed by atoms with van der Waals surface area (Å²) in [4.78, 5) is 10.3. The molecule has 0 spiro atoms. The zero-order chi connectivity index (χ0) is 11.3. The van der Waals surface area contributed by atoms with Gasteiger partial charge in [-0.25, -0.2) is 0 Å². The molecular weight excluding hydrogens is 194 g/mol. The van der Waals surface area contributed by atoms with Crippen molar-refractivity contribution in [2.75, 3.05) is 14.2 Å². The summed E-state index contributed by atoms with van der Waals surface area (Å²) >= 11 is 0. The van der Waals surface area contributed by atoms with Crippen molar-refractivity contribution in [3.8, 4) is 11.5 Å². The number of nitrogens with one attached hydrogen (secondary N) is 1. The number of carbonyl (C=O) groups is 1. The molecule has 0 fully saturated rings. The first kappa shape index (κ1) is 11.4. The number of carbonyl (C=O) groups excluding carboxylic acids is 1. The first-order valence-electron chi connectivity index (χ1n) is 4.64. The van der Waals surface area contributed by atoms with E-state index >= 15 is 0 Å². The molecule has 1 atom stereocenters. The number of methoxy groups -OCH3 is 2. The highest BCUT2D eigenvalue weighted by Gasteiger charge is 2.08. The molecule has 4 heteroatoms. The summed E-state index contributed by atoms with van der Waals surface area (Å²) in [6.07, 6.45) is 0.682. The van der Waals surface area contributed by atoms with Crippen molar-refractivity contribution in [1.29, 1.82) is 0 Å². The van der Waals surface area contributed by atoms with Crippen molar-refractivity contribution in [2.24, 2.45) is 0 Å². The molecule has 0 saturated heterocycles. The van der Waals surface area contributed by atoms with Crippen LogP contribution in [-0.4, -0.2) is 20.6 Å². The Kier molecular flexibility index (Phi) is 3.97. The average Bonchev–Trinajstić information content (AvgIpc) is 2.28. The van der Waals surface area contributed by atoms with Gasteiger partial charge in [-0.05, 0) is 24.6 Å². The van der Waals surface area contributed by atoms with Crippen LogP contribution < -0.4 is 14.8 Å². The number of rotatable bonds is 5. The van der Waals surface area contributed by atoms with E-state index in [2.05, 4.69) is 5.32 Å². The van der Waals surface area contributed by atoms with Gasteiger partial charge in [-0.15, -0.1) is 0 Å². The number of amides is 1. The number of benzene rings is 1. The van der Waals surface area contributed by atoms with E-state index in [4.69, 9.17) is 9.47 Å². The SMILES string of the molecule is COc1ccc([C@H](C)NC=O)cc1OC. The van der Waals surface area contributed by atoms with E-state index < -0.39 is 0 Å². The maximum absolute atomic E-state index is 10.3. The van der Waals surface area contributed by atoms with Crippen LogP contribution in [0.3, 0.4) is 0 Å². The lowest BCUT2D eigenvalue weighted by Gasteiger charge is -2.13. The highest BCUT2D eigenvalue weighted by molar-refractivity contribution is 5.49. The summed E-state index contributed by atoms with van der Waals surface area (Å²) in [5.41, 5.74) is 0.972. The second-order valence-electron chi connectivity index (χ2n) is 3.12. The Balaban J connectivity index is 2.96. The molecule has 4 nitrogen and oxygen atoms in total. The van der Waals surface area contributed by atoms with E-state index in [9.17, 15) is 4.79 Å². The van der Waals surface area contributed by atoms with E-state index in [-0.39, 0.29) is 6.04 Å². The summed E-state index contributed by atoms with van der Waals surface area (Å²) in [5.74, 6) is 1.34. The van der Waals surface area contributed by atoms with Crippen molar-refractivity contribution in [2.45, 2.75) is 13.0 Å². The van der Waals surface area contributed by atoms with E-state index in [0.717, 1.165) is 5.56 Å². The fourth-order valence-electron chi connectivity index (χ4n) is 1.32. The van der Waals surface area contributed by atoms with E-state index in [0.29, 0.717) is 17.9 Å². The van der Waals surface area contributed by atoms with Gasteiger partial charge in [-0.2, -0.15) is 0 Å². The van der Waals surface area contributed by atoms with Crippen LogP contribution in [0.5, 0.6) is 11.5 Å². The molecule has 1 aromatic rings. The normalized spacial score (nSPS) is 11.7. The number of hydrogen-bond acceptors (Lipinski definition) is 3. The largest absolute Gasteiger partial charge is 0.493 e. The number of ether oxygens (including phenoxy) is 2. The summed E-state index contributed by atoms with van der Waals surface area (Å²) in [5, 5.41) is 2.67. The summed E-state index contributed by atoms with van der Waals surface area (Å²) < 4.78 is 10.3. The zero-order valence-corrected chi connectivity index (χ0v) is 9.11. The van der Waals surface area contributed by atoms with Gasteiger partial charge in [0.1, 0.15) is 0 Å². The second-order valence-corrected chi connectivity index (χ2v) is 3.12. The third-order valence-corrected chi connectivity index (χ3v) is 2.23. The van der Waals surface area contributed by atoms with Crippen molar-refractivity contribution < 1.29 is 14.3 Å². The minimum Gasteiger partial charge on any atom is -0.493 e. The van der Waals surface area contributed by atoms with Crippen LogP contribution in [0.2, 0.25) is 0 Å². The highest BCUT2D eigenvalue weighted by atomic mass is 16.5. The molecule has 0 aliphatic carbocycles. The Morgan fingerprint density at radius 1 is 1.27 bits per heavy atom. The Labute approximate surface area is 89.2 Å². The summed E-state index contributed by atoms with van der Waals surface area (Å²) in [6, 6.07) is 5.52. The second kappa shape index (κ2) is 5.24. The van der Waals surface area contributed by atoms with Crippen LogP contribution in [-0.2, 0) is 4.79 Å². The highest BCUT2D eigenvalue weighted by Crippen LogP contribution is 2.29. The molecule has 0 heterocycles. The van der Waals surface area contributed by atoms with Gasteiger partial charge in [0, 0.05) is 0 Å². The van der Waals surface area contributed by atoms with Gasteiger partial charge < -0.3 is 14.8 Å². The Morgan fingerprint density at radius 2 is 1.93 bits per heavy atom. The minimum absolute atomic E-state index is 0.0395. The molecule has 1 aromatic carbocycles. The molecule has 1 rings (SSSR count). The van der Waals surface area contributed by atoms with E-state index in [1.54, 1.807) is 14.2 Å². The van der Waals surface area contributed by atoms with Gasteiger partial charge in [0.05, 0.1) is 20.3 Å². The molecule has 0 unspecified atom stereocenters. The third kappa shape index (κ3) is 2.62. The zero-order valence-electron chi connectivity index (χ0n) is 9.11. The predicted molar refractivity (Wildman–Crippen MR) is 57.2 cm³/mol. The minimum atomic E-state index is -0.0395. The summed E-state index contributed by atoms with van der Waals surface area (Å²) in [7, 11) is 3.17. The van der Waals surface area contributed by atoms with Crippen LogP contribution in [0.15, 0.2) is 18.2 Å². The van der Waals surface area contributed by atoms with Crippen molar-refractivity contribution in [3.05, 3.63) is 23.8 Å². The lowest BCUT2D eigenvalue weighted by molar-refractivity contribution is -0.110. The van der Waals surface area contributed by atoms with Crippen LogP contribution in [0.4, 0.5) is 0 Å². The van der Waals surface area contributed by atoms with Gasteiger partial charge in [-0.3, -0.25) is 4.79 Å². The maximum Gasteiger partial charge on any atom is 0.207 e. The lowest BCUT2D eigenvalue weighted by Crippen LogP contribution is -2.16. The first-order chi connectivity index (χ1) is 7.22. The van der Waals surface area contributed by atoms with Crippen LogP contribution in [0.25, 0.3) is 0 Å². The van der Waals surface area contributed by atoms with Crippen molar-refractivity contribution in [1.82, 2.24) is 5.32 Å². The Hall–Kier alpha value is -1.71. The Bertz CT molecular complexity index is 339. The average molecular weight is 209 g/mol. The maximum atomic E-state index is 10.3. The molecular formula is C11H15NO3. The molecule has 0 aromatic heterocycles. The predicted octanol–water partition coefficient (Wildman–Crippen LogP) is 1.51. The van der Waals surface area contributed by atoms with Gasteiger partial charge in [0.25, 0.3) is 0 Å². The van der Waals surface area contributed by atoms with Crippen molar-refractivity contribution >= 4 is 6.41 Å². The quantitative estimate of drug-likeness (QED) is 0.748. The smallest absolute Gasteiger partial charge is 0.207 e. The molecule has 0 saturated carbocycles. The fourth-order valence-corrected chi connectivity index (χ4v) is 1.32. The van der Waals surface area contributed by atoms with Gasteiger partial charge >= 0.3 is 0 Å².